The molecule has 24 heavy (non-hydrogen) atoms. The van der Waals surface area contributed by atoms with Gasteiger partial charge in [-0.1, -0.05) is 18.2 Å². The van der Waals surface area contributed by atoms with Crippen LogP contribution in [0.5, 0.6) is 5.75 Å². The number of carbonyl (C=O) groups is 2. The smallest absolute Gasteiger partial charge is 0.408 e. The molecule has 6 nitrogen and oxygen atoms in total. The lowest BCUT2D eigenvalue weighted by molar-refractivity contribution is -0.123. The van der Waals surface area contributed by atoms with Crippen molar-refractivity contribution in [1.29, 1.82) is 0 Å². The average Bonchev–Trinajstić information content (AvgIpc) is 2.42. The third-order valence-electron chi connectivity index (χ3n) is 2.93. The number of hydrogen-bond acceptors (Lipinski definition) is 4. The Morgan fingerprint density at radius 2 is 1.71 bits per heavy atom. The number of alkyl carbamates (subject to hydrolysis) is 1. The molecule has 0 unspecified atom stereocenters. The van der Waals surface area contributed by atoms with Gasteiger partial charge in [-0.25, -0.2) is 4.79 Å². The molecule has 0 saturated carbocycles. The fraction of sp³-hybridized carbons (Fsp3) is 0.556. The number of para-hydroxylation sites is 1. The molecule has 0 fully saturated rings. The molecule has 0 aliphatic carbocycles. The van der Waals surface area contributed by atoms with Crippen LogP contribution in [0.3, 0.4) is 0 Å². The first kappa shape index (κ1) is 19.8. The van der Waals surface area contributed by atoms with Gasteiger partial charge in [0.15, 0.2) is 6.61 Å². The van der Waals surface area contributed by atoms with Crippen LogP contribution in [-0.2, 0) is 9.53 Å². The number of amides is 2. The highest BCUT2D eigenvalue weighted by Crippen LogP contribution is 2.25. The Hall–Kier alpha value is -2.24. The fourth-order valence-corrected chi connectivity index (χ4v) is 2.04. The van der Waals surface area contributed by atoms with Gasteiger partial charge in [-0.05, 0) is 47.6 Å². The van der Waals surface area contributed by atoms with E-state index >= 15 is 0 Å². The SMILES string of the molecule is CC(C)NC(=O)COc1ccccc1[C@H](C)NC(=O)OC(C)(C)C. The van der Waals surface area contributed by atoms with E-state index in [-0.39, 0.29) is 24.6 Å². The number of rotatable bonds is 6. The van der Waals surface area contributed by atoms with Gasteiger partial charge < -0.3 is 20.1 Å². The zero-order chi connectivity index (χ0) is 18.3. The molecular weight excluding hydrogens is 308 g/mol. The lowest BCUT2D eigenvalue weighted by Crippen LogP contribution is -2.35. The van der Waals surface area contributed by atoms with Gasteiger partial charge in [0.2, 0.25) is 0 Å². The van der Waals surface area contributed by atoms with Gasteiger partial charge in [0.25, 0.3) is 5.91 Å². The van der Waals surface area contributed by atoms with Crippen LogP contribution in [0.1, 0.15) is 53.1 Å². The minimum Gasteiger partial charge on any atom is -0.483 e. The molecule has 0 aliphatic heterocycles. The van der Waals surface area contributed by atoms with E-state index < -0.39 is 11.7 Å². The van der Waals surface area contributed by atoms with Crippen LogP contribution in [0.15, 0.2) is 24.3 Å². The van der Waals surface area contributed by atoms with Crippen LogP contribution < -0.4 is 15.4 Å². The number of hydrogen-bond donors (Lipinski definition) is 2. The largest absolute Gasteiger partial charge is 0.483 e. The van der Waals surface area contributed by atoms with Gasteiger partial charge in [0.1, 0.15) is 11.4 Å². The van der Waals surface area contributed by atoms with Crippen LogP contribution in [0.25, 0.3) is 0 Å². The Balaban J connectivity index is 2.71. The molecule has 0 aliphatic rings. The molecule has 0 saturated heterocycles. The second kappa shape index (κ2) is 8.57. The highest BCUT2D eigenvalue weighted by molar-refractivity contribution is 5.77. The van der Waals surface area contributed by atoms with E-state index in [1.165, 1.54) is 0 Å². The first-order chi connectivity index (χ1) is 11.1. The summed E-state index contributed by atoms with van der Waals surface area (Å²) < 4.78 is 10.9. The highest BCUT2D eigenvalue weighted by Gasteiger charge is 2.20. The van der Waals surface area contributed by atoms with Crippen molar-refractivity contribution in [2.24, 2.45) is 0 Å². The number of carbonyl (C=O) groups excluding carboxylic acids is 2. The molecule has 0 bridgehead atoms. The Morgan fingerprint density at radius 1 is 1.08 bits per heavy atom. The summed E-state index contributed by atoms with van der Waals surface area (Å²) in [7, 11) is 0. The maximum absolute atomic E-state index is 11.9. The first-order valence-corrected chi connectivity index (χ1v) is 8.09. The summed E-state index contributed by atoms with van der Waals surface area (Å²) in [6.07, 6.45) is -0.498. The quantitative estimate of drug-likeness (QED) is 0.836. The molecule has 1 aromatic rings. The summed E-state index contributed by atoms with van der Waals surface area (Å²) in [6, 6.07) is 7.03. The van der Waals surface area contributed by atoms with E-state index in [1.54, 1.807) is 6.07 Å². The van der Waals surface area contributed by atoms with Gasteiger partial charge in [-0.2, -0.15) is 0 Å². The molecule has 1 rings (SSSR count). The lowest BCUT2D eigenvalue weighted by atomic mass is 10.1. The van der Waals surface area contributed by atoms with Crippen LogP contribution in [0.4, 0.5) is 4.79 Å². The Bertz CT molecular complexity index is 564. The van der Waals surface area contributed by atoms with Crippen molar-refractivity contribution in [1.82, 2.24) is 10.6 Å². The zero-order valence-corrected chi connectivity index (χ0v) is 15.3. The molecule has 134 valence electrons. The lowest BCUT2D eigenvalue weighted by Gasteiger charge is -2.23. The van der Waals surface area contributed by atoms with E-state index in [4.69, 9.17) is 9.47 Å². The summed E-state index contributed by atoms with van der Waals surface area (Å²) >= 11 is 0. The molecule has 1 atom stereocenters. The topological polar surface area (TPSA) is 76.7 Å². The van der Waals surface area contributed by atoms with Crippen LogP contribution >= 0.6 is 0 Å². The Morgan fingerprint density at radius 3 is 2.29 bits per heavy atom. The van der Waals surface area contributed by atoms with Crippen molar-refractivity contribution in [3.63, 3.8) is 0 Å². The summed E-state index contributed by atoms with van der Waals surface area (Å²) in [5.41, 5.74) is 0.218. The summed E-state index contributed by atoms with van der Waals surface area (Å²) in [5, 5.41) is 5.54. The van der Waals surface area contributed by atoms with Gasteiger partial charge in [0.05, 0.1) is 6.04 Å². The standard InChI is InChI=1S/C18H28N2O4/c1-12(2)19-16(21)11-23-15-10-8-7-9-14(15)13(3)20-17(22)24-18(4,5)6/h7-10,12-13H,11H2,1-6H3,(H,19,21)(H,20,22)/t13-/m0/s1. The summed E-state index contributed by atoms with van der Waals surface area (Å²) in [5.74, 6) is 0.368. The van der Waals surface area contributed by atoms with Crippen molar-refractivity contribution in [2.45, 2.75) is 59.2 Å². The maximum atomic E-state index is 11.9. The normalized spacial score (nSPS) is 12.5. The molecule has 0 aromatic heterocycles. The van der Waals surface area contributed by atoms with E-state index in [1.807, 2.05) is 59.7 Å². The van der Waals surface area contributed by atoms with E-state index in [0.717, 1.165) is 5.56 Å². The number of nitrogens with one attached hydrogen (secondary N) is 2. The molecule has 0 spiro atoms. The predicted octanol–water partition coefficient (Wildman–Crippen LogP) is 3.18. The monoisotopic (exact) mass is 336 g/mol. The summed E-state index contributed by atoms with van der Waals surface area (Å²) in [6.45, 7) is 11.0. The van der Waals surface area contributed by atoms with Crippen molar-refractivity contribution < 1.29 is 19.1 Å². The molecule has 6 heteroatoms. The summed E-state index contributed by atoms with van der Waals surface area (Å²) in [4.78, 5) is 23.6. The van der Waals surface area contributed by atoms with Crippen molar-refractivity contribution in [3.8, 4) is 5.75 Å². The van der Waals surface area contributed by atoms with E-state index in [0.29, 0.717) is 5.75 Å². The second-order valence-corrected chi connectivity index (χ2v) is 6.92. The fourth-order valence-electron chi connectivity index (χ4n) is 2.04. The van der Waals surface area contributed by atoms with Gasteiger partial charge in [-0.15, -0.1) is 0 Å². The minimum atomic E-state index is -0.561. The Kier molecular flexibility index (Phi) is 7.07. The third-order valence-corrected chi connectivity index (χ3v) is 2.93. The van der Waals surface area contributed by atoms with Crippen LogP contribution in [-0.4, -0.2) is 30.3 Å². The van der Waals surface area contributed by atoms with Crippen molar-refractivity contribution >= 4 is 12.0 Å². The van der Waals surface area contributed by atoms with Crippen molar-refractivity contribution in [3.05, 3.63) is 29.8 Å². The number of benzene rings is 1. The molecule has 1 aromatic carbocycles. The maximum Gasteiger partial charge on any atom is 0.408 e. The van der Waals surface area contributed by atoms with E-state index in [9.17, 15) is 9.59 Å². The van der Waals surface area contributed by atoms with Gasteiger partial charge in [-0.3, -0.25) is 4.79 Å². The molecule has 2 amide bonds. The van der Waals surface area contributed by atoms with E-state index in [2.05, 4.69) is 10.6 Å². The number of ether oxygens (including phenoxy) is 2. The highest BCUT2D eigenvalue weighted by atomic mass is 16.6. The van der Waals surface area contributed by atoms with Crippen LogP contribution in [0, 0.1) is 0 Å². The molecule has 0 heterocycles. The third kappa shape index (κ3) is 7.35. The van der Waals surface area contributed by atoms with Gasteiger partial charge in [0, 0.05) is 11.6 Å². The first-order valence-electron chi connectivity index (χ1n) is 8.09. The molecular formula is C18H28N2O4. The van der Waals surface area contributed by atoms with Crippen molar-refractivity contribution in [2.75, 3.05) is 6.61 Å². The zero-order valence-electron chi connectivity index (χ0n) is 15.3. The second-order valence-electron chi connectivity index (χ2n) is 6.92. The Labute approximate surface area is 143 Å². The average molecular weight is 336 g/mol. The molecule has 0 radical (unpaired) electrons. The van der Waals surface area contributed by atoms with Gasteiger partial charge >= 0.3 is 6.09 Å². The predicted molar refractivity (Wildman–Crippen MR) is 93.0 cm³/mol. The van der Waals surface area contributed by atoms with Crippen LogP contribution in [0.2, 0.25) is 0 Å². The minimum absolute atomic E-state index is 0.0594. The molecule has 2 N–H and O–H groups in total.